The molecule has 0 bridgehead atoms. The van der Waals surface area contributed by atoms with Gasteiger partial charge in [0.1, 0.15) is 11.1 Å². The van der Waals surface area contributed by atoms with E-state index in [1.807, 2.05) is 0 Å². The molecule has 0 atom stereocenters. The zero-order chi connectivity index (χ0) is 14.7. The number of nitrogens with one attached hydrogen (secondary N) is 2. The fourth-order valence-corrected chi connectivity index (χ4v) is 1.93. The summed E-state index contributed by atoms with van der Waals surface area (Å²) in [5.74, 6) is 1.39. The minimum Gasteiger partial charge on any atom is -0.436 e. The molecule has 0 spiro atoms. The fraction of sp³-hybridized carbons (Fsp3) is 0.231. The number of fused-ring (bicyclic) bond motifs is 1. The molecular formula is C13H13ClN6O. The van der Waals surface area contributed by atoms with Crippen LogP contribution in [0.25, 0.3) is 11.0 Å². The summed E-state index contributed by atoms with van der Waals surface area (Å²) in [6.45, 7) is 2.84. The molecule has 0 fully saturated rings. The Hall–Kier alpha value is -2.41. The second-order valence-electron chi connectivity index (χ2n) is 4.35. The zero-order valence-corrected chi connectivity index (χ0v) is 12.1. The van der Waals surface area contributed by atoms with E-state index in [0.29, 0.717) is 33.6 Å². The predicted octanol–water partition coefficient (Wildman–Crippen LogP) is 3.02. The van der Waals surface area contributed by atoms with Gasteiger partial charge in [0, 0.05) is 18.8 Å². The highest BCUT2D eigenvalue weighted by atomic mass is 35.5. The number of pyridine rings is 1. The average molecular weight is 305 g/mol. The first-order valence-corrected chi connectivity index (χ1v) is 6.87. The van der Waals surface area contributed by atoms with Crippen molar-refractivity contribution in [1.82, 2.24) is 25.1 Å². The minimum atomic E-state index is 0.399. The first-order valence-electron chi connectivity index (χ1n) is 6.49. The van der Waals surface area contributed by atoms with Crippen molar-refractivity contribution in [3.63, 3.8) is 0 Å². The Morgan fingerprint density at radius 2 is 2.19 bits per heavy atom. The molecule has 108 valence electrons. The van der Waals surface area contributed by atoms with E-state index in [1.54, 1.807) is 18.5 Å². The van der Waals surface area contributed by atoms with Gasteiger partial charge in [-0.3, -0.25) is 10.1 Å². The van der Waals surface area contributed by atoms with Crippen molar-refractivity contribution in [2.75, 3.05) is 11.9 Å². The predicted molar refractivity (Wildman–Crippen MR) is 79.8 cm³/mol. The van der Waals surface area contributed by atoms with Crippen molar-refractivity contribution in [3.8, 4) is 11.6 Å². The van der Waals surface area contributed by atoms with Gasteiger partial charge in [-0.15, -0.1) is 0 Å². The smallest absolute Gasteiger partial charge is 0.235 e. The molecule has 0 radical (unpaired) electrons. The van der Waals surface area contributed by atoms with Gasteiger partial charge in [0.25, 0.3) is 0 Å². The monoisotopic (exact) mass is 304 g/mol. The third kappa shape index (κ3) is 3.03. The topological polar surface area (TPSA) is 88.6 Å². The molecule has 0 aliphatic carbocycles. The van der Waals surface area contributed by atoms with Crippen LogP contribution in [0.4, 0.5) is 5.95 Å². The van der Waals surface area contributed by atoms with Crippen molar-refractivity contribution in [3.05, 3.63) is 29.7 Å². The van der Waals surface area contributed by atoms with Crippen LogP contribution in [0.3, 0.4) is 0 Å². The molecule has 3 aromatic rings. The van der Waals surface area contributed by atoms with Crippen molar-refractivity contribution < 1.29 is 4.74 Å². The average Bonchev–Trinajstić information content (AvgIpc) is 2.94. The summed E-state index contributed by atoms with van der Waals surface area (Å²) in [5.41, 5.74) is 0.605. The second-order valence-corrected chi connectivity index (χ2v) is 4.79. The van der Waals surface area contributed by atoms with Crippen LogP contribution < -0.4 is 10.1 Å². The van der Waals surface area contributed by atoms with Crippen LogP contribution in [-0.4, -0.2) is 31.7 Å². The maximum atomic E-state index is 5.90. The number of rotatable bonds is 5. The standard InChI is InChI=1S/C13H13ClN6O/c1-2-3-16-13-18-11-10(7-17-20-11)12(19-13)21-9-4-8(14)5-15-6-9/h4-7H,2-3H2,1H3,(H2,16,17,18,19,20). The Labute approximate surface area is 125 Å². The van der Waals surface area contributed by atoms with Crippen LogP contribution in [-0.2, 0) is 0 Å². The van der Waals surface area contributed by atoms with Crippen LogP contribution >= 0.6 is 11.6 Å². The Morgan fingerprint density at radius 1 is 1.29 bits per heavy atom. The van der Waals surface area contributed by atoms with E-state index in [9.17, 15) is 0 Å². The van der Waals surface area contributed by atoms with Gasteiger partial charge in [-0.2, -0.15) is 15.1 Å². The Balaban J connectivity index is 1.97. The molecule has 21 heavy (non-hydrogen) atoms. The molecule has 7 nitrogen and oxygen atoms in total. The number of nitrogens with zero attached hydrogens (tertiary/aromatic N) is 4. The summed E-state index contributed by atoms with van der Waals surface area (Å²) in [5, 5.41) is 11.1. The molecule has 3 heterocycles. The minimum absolute atomic E-state index is 0.399. The van der Waals surface area contributed by atoms with Crippen molar-refractivity contribution in [1.29, 1.82) is 0 Å². The van der Waals surface area contributed by atoms with Gasteiger partial charge in [0.05, 0.1) is 17.4 Å². The zero-order valence-electron chi connectivity index (χ0n) is 11.3. The van der Waals surface area contributed by atoms with Crippen LogP contribution in [0.15, 0.2) is 24.7 Å². The molecule has 0 saturated carbocycles. The molecule has 0 saturated heterocycles. The number of ether oxygens (including phenoxy) is 1. The molecule has 0 aliphatic rings. The van der Waals surface area contributed by atoms with Gasteiger partial charge in [-0.25, -0.2) is 0 Å². The van der Waals surface area contributed by atoms with E-state index in [-0.39, 0.29) is 0 Å². The van der Waals surface area contributed by atoms with E-state index < -0.39 is 0 Å². The SMILES string of the molecule is CCCNc1nc(Oc2cncc(Cl)c2)c2cn[nH]c2n1. The maximum Gasteiger partial charge on any atom is 0.235 e. The van der Waals surface area contributed by atoms with E-state index in [1.165, 1.54) is 6.20 Å². The molecule has 0 amide bonds. The van der Waals surface area contributed by atoms with Crippen LogP contribution in [0.2, 0.25) is 5.02 Å². The van der Waals surface area contributed by atoms with E-state index >= 15 is 0 Å². The van der Waals surface area contributed by atoms with Gasteiger partial charge >= 0.3 is 0 Å². The third-order valence-electron chi connectivity index (χ3n) is 2.70. The summed E-state index contributed by atoms with van der Waals surface area (Å²) in [6.07, 6.45) is 5.69. The highest BCUT2D eigenvalue weighted by Crippen LogP contribution is 2.28. The van der Waals surface area contributed by atoms with Crippen molar-refractivity contribution >= 4 is 28.6 Å². The highest BCUT2D eigenvalue weighted by molar-refractivity contribution is 6.30. The lowest BCUT2D eigenvalue weighted by molar-refractivity contribution is 0.467. The van der Waals surface area contributed by atoms with Crippen LogP contribution in [0.5, 0.6) is 11.6 Å². The Morgan fingerprint density at radius 3 is 3.00 bits per heavy atom. The normalized spacial score (nSPS) is 10.8. The van der Waals surface area contributed by atoms with Crippen molar-refractivity contribution in [2.24, 2.45) is 0 Å². The van der Waals surface area contributed by atoms with Gasteiger partial charge < -0.3 is 10.1 Å². The van der Waals surface area contributed by atoms with Gasteiger partial charge in [-0.1, -0.05) is 18.5 Å². The summed E-state index contributed by atoms with van der Waals surface area (Å²) in [4.78, 5) is 12.7. The van der Waals surface area contributed by atoms with E-state index in [0.717, 1.165) is 13.0 Å². The Kier molecular flexibility index (Phi) is 3.83. The maximum absolute atomic E-state index is 5.90. The number of H-pyrrole nitrogens is 1. The largest absolute Gasteiger partial charge is 0.436 e. The summed E-state index contributed by atoms with van der Waals surface area (Å²) < 4.78 is 5.75. The van der Waals surface area contributed by atoms with Crippen molar-refractivity contribution in [2.45, 2.75) is 13.3 Å². The molecule has 0 unspecified atom stereocenters. The summed E-state index contributed by atoms with van der Waals surface area (Å²) >= 11 is 5.90. The molecule has 0 aromatic carbocycles. The molecular weight excluding hydrogens is 292 g/mol. The lowest BCUT2D eigenvalue weighted by atomic mass is 10.4. The first kappa shape index (κ1) is 13.6. The number of anilines is 1. The number of aromatic amines is 1. The van der Waals surface area contributed by atoms with Crippen LogP contribution in [0, 0.1) is 0 Å². The number of hydrogen-bond donors (Lipinski definition) is 2. The Bertz CT molecular complexity index is 759. The molecule has 0 aliphatic heterocycles. The van der Waals surface area contributed by atoms with E-state index in [2.05, 4.69) is 37.4 Å². The highest BCUT2D eigenvalue weighted by Gasteiger charge is 2.11. The molecule has 2 N–H and O–H groups in total. The fourth-order valence-electron chi connectivity index (χ4n) is 1.76. The molecule has 8 heteroatoms. The summed E-state index contributed by atoms with van der Waals surface area (Å²) in [7, 11) is 0. The van der Waals surface area contributed by atoms with Crippen LogP contribution in [0.1, 0.15) is 13.3 Å². The third-order valence-corrected chi connectivity index (χ3v) is 2.91. The lowest BCUT2D eigenvalue weighted by Gasteiger charge is -2.08. The van der Waals surface area contributed by atoms with E-state index in [4.69, 9.17) is 16.3 Å². The van der Waals surface area contributed by atoms with Gasteiger partial charge in [-0.05, 0) is 6.42 Å². The summed E-state index contributed by atoms with van der Waals surface area (Å²) in [6, 6.07) is 1.67. The quantitative estimate of drug-likeness (QED) is 0.753. The second kappa shape index (κ2) is 5.92. The molecule has 3 rings (SSSR count). The lowest BCUT2D eigenvalue weighted by Crippen LogP contribution is -2.05. The molecule has 3 aromatic heterocycles. The van der Waals surface area contributed by atoms with Gasteiger partial charge in [0.2, 0.25) is 11.8 Å². The first-order chi connectivity index (χ1) is 10.3. The number of aromatic nitrogens is 5. The van der Waals surface area contributed by atoms with Gasteiger partial charge in [0.15, 0.2) is 5.65 Å². The number of halogens is 1. The number of hydrogen-bond acceptors (Lipinski definition) is 6.